The number of para-hydroxylation sites is 1. The Morgan fingerprint density at radius 3 is 2.78 bits per heavy atom. The number of hydrogen-bond donors (Lipinski definition) is 1. The minimum absolute atomic E-state index is 0.164. The third-order valence-corrected chi connectivity index (χ3v) is 2.65. The summed E-state index contributed by atoms with van der Waals surface area (Å²) >= 11 is 0. The van der Waals surface area contributed by atoms with Crippen molar-refractivity contribution in [3.05, 3.63) is 58.4 Å². The van der Waals surface area contributed by atoms with Gasteiger partial charge in [0, 0.05) is 5.39 Å². The molecule has 0 aliphatic carbocycles. The van der Waals surface area contributed by atoms with Crippen LogP contribution in [0.1, 0.15) is 12.5 Å². The van der Waals surface area contributed by atoms with Gasteiger partial charge in [0.1, 0.15) is 5.75 Å². The van der Waals surface area contributed by atoms with E-state index in [2.05, 4.69) is 11.6 Å². The van der Waals surface area contributed by atoms with Crippen molar-refractivity contribution in [3.63, 3.8) is 0 Å². The lowest BCUT2D eigenvalue weighted by Gasteiger charge is -2.08. The van der Waals surface area contributed by atoms with E-state index in [-0.39, 0.29) is 5.56 Å². The van der Waals surface area contributed by atoms with Gasteiger partial charge in [0.05, 0.1) is 18.2 Å². The molecule has 0 spiro atoms. The maximum absolute atomic E-state index is 12.0. The number of pyridine rings is 1. The molecule has 1 heterocycles. The fraction of sp³-hybridized carbons (Fsp3) is 0.133. The smallest absolute Gasteiger partial charge is 0.259 e. The van der Waals surface area contributed by atoms with Crippen LogP contribution in [0.25, 0.3) is 17.0 Å². The number of H-pyrrole nitrogens is 1. The standard InChI is InChI=1S/C15H15NO2/c1-10(2)8-9-12-14(18-3)11-6-4-5-7-13(11)16-15(12)17/h4-9H,1H2,2-3H3,(H,16,17). The van der Waals surface area contributed by atoms with Gasteiger partial charge >= 0.3 is 0 Å². The number of ether oxygens (including phenoxy) is 1. The highest BCUT2D eigenvalue weighted by Crippen LogP contribution is 2.26. The number of nitrogens with one attached hydrogen (secondary N) is 1. The van der Waals surface area contributed by atoms with Crippen LogP contribution in [-0.4, -0.2) is 12.1 Å². The van der Waals surface area contributed by atoms with Gasteiger partial charge in [-0.2, -0.15) is 0 Å². The largest absolute Gasteiger partial charge is 0.495 e. The van der Waals surface area contributed by atoms with Gasteiger partial charge in [-0.25, -0.2) is 0 Å². The molecule has 0 radical (unpaired) electrons. The summed E-state index contributed by atoms with van der Waals surface area (Å²) in [5, 5.41) is 0.890. The zero-order valence-corrected chi connectivity index (χ0v) is 10.5. The van der Waals surface area contributed by atoms with Crippen molar-refractivity contribution in [3.8, 4) is 5.75 Å². The van der Waals surface area contributed by atoms with Gasteiger partial charge in [0.15, 0.2) is 0 Å². The molecule has 0 fully saturated rings. The van der Waals surface area contributed by atoms with Gasteiger partial charge in [0.25, 0.3) is 5.56 Å². The molecule has 92 valence electrons. The van der Waals surface area contributed by atoms with Crippen LogP contribution in [0.2, 0.25) is 0 Å². The molecule has 3 heteroatoms. The van der Waals surface area contributed by atoms with Crippen LogP contribution in [0.4, 0.5) is 0 Å². The Kier molecular flexibility index (Phi) is 3.33. The lowest BCUT2D eigenvalue weighted by Crippen LogP contribution is -2.11. The molecule has 2 aromatic rings. The molecule has 0 atom stereocenters. The average molecular weight is 241 g/mol. The van der Waals surface area contributed by atoms with Crippen LogP contribution < -0.4 is 10.3 Å². The molecule has 0 aliphatic heterocycles. The SMILES string of the molecule is C=C(C)C=Cc1c(OC)c2ccccc2[nH]c1=O. The molecule has 0 bridgehead atoms. The van der Waals surface area contributed by atoms with Crippen molar-refractivity contribution in [2.24, 2.45) is 0 Å². The maximum Gasteiger partial charge on any atom is 0.259 e. The van der Waals surface area contributed by atoms with Crippen LogP contribution in [-0.2, 0) is 0 Å². The molecule has 3 nitrogen and oxygen atoms in total. The number of aromatic nitrogens is 1. The first-order valence-electron chi connectivity index (χ1n) is 5.66. The molecule has 1 aromatic carbocycles. The van der Waals surface area contributed by atoms with Crippen molar-refractivity contribution in [2.45, 2.75) is 6.92 Å². The normalized spacial score (nSPS) is 11.0. The topological polar surface area (TPSA) is 42.1 Å². The zero-order chi connectivity index (χ0) is 13.1. The number of fused-ring (bicyclic) bond motifs is 1. The third kappa shape index (κ3) is 2.20. The molecule has 0 unspecified atom stereocenters. The number of allylic oxidation sites excluding steroid dienone is 2. The van der Waals surface area contributed by atoms with Crippen LogP contribution in [0.15, 0.2) is 47.3 Å². The highest BCUT2D eigenvalue weighted by molar-refractivity contribution is 5.88. The molecule has 1 aromatic heterocycles. The molecule has 0 saturated heterocycles. The Morgan fingerprint density at radius 1 is 1.39 bits per heavy atom. The van der Waals surface area contributed by atoms with Gasteiger partial charge in [-0.05, 0) is 25.1 Å². The highest BCUT2D eigenvalue weighted by atomic mass is 16.5. The van der Waals surface area contributed by atoms with E-state index >= 15 is 0 Å². The Balaban J connectivity index is 2.76. The van der Waals surface area contributed by atoms with Crippen molar-refractivity contribution in [1.29, 1.82) is 0 Å². The summed E-state index contributed by atoms with van der Waals surface area (Å²) in [6, 6.07) is 7.56. The van der Waals surface area contributed by atoms with Gasteiger partial charge in [-0.3, -0.25) is 4.79 Å². The highest BCUT2D eigenvalue weighted by Gasteiger charge is 2.10. The zero-order valence-electron chi connectivity index (χ0n) is 10.5. The van der Waals surface area contributed by atoms with E-state index < -0.39 is 0 Å². The number of aromatic amines is 1. The number of rotatable bonds is 3. The van der Waals surface area contributed by atoms with E-state index in [9.17, 15) is 4.79 Å². The summed E-state index contributed by atoms with van der Waals surface area (Å²) in [6.45, 7) is 5.65. The Morgan fingerprint density at radius 2 is 2.11 bits per heavy atom. The molecule has 0 amide bonds. The Bertz CT molecular complexity index is 680. The summed E-state index contributed by atoms with van der Waals surface area (Å²) in [4.78, 5) is 14.8. The van der Waals surface area contributed by atoms with Crippen molar-refractivity contribution >= 4 is 17.0 Å². The molecule has 18 heavy (non-hydrogen) atoms. The number of benzene rings is 1. The first-order chi connectivity index (χ1) is 8.63. The van der Waals surface area contributed by atoms with Crippen LogP contribution >= 0.6 is 0 Å². The second-order valence-corrected chi connectivity index (χ2v) is 4.13. The van der Waals surface area contributed by atoms with Gasteiger partial charge in [-0.1, -0.05) is 30.4 Å². The van der Waals surface area contributed by atoms with E-state index in [0.717, 1.165) is 16.5 Å². The van der Waals surface area contributed by atoms with Gasteiger partial charge in [-0.15, -0.1) is 0 Å². The minimum Gasteiger partial charge on any atom is -0.495 e. The monoisotopic (exact) mass is 241 g/mol. The average Bonchev–Trinajstić information content (AvgIpc) is 2.35. The second kappa shape index (κ2) is 4.92. The number of hydrogen-bond acceptors (Lipinski definition) is 2. The van der Waals surface area contributed by atoms with E-state index in [1.165, 1.54) is 0 Å². The van der Waals surface area contributed by atoms with Crippen LogP contribution in [0.3, 0.4) is 0 Å². The predicted octanol–water partition coefficient (Wildman–Crippen LogP) is 3.13. The summed E-state index contributed by atoms with van der Waals surface area (Å²) in [5.74, 6) is 0.590. The number of methoxy groups -OCH3 is 1. The Labute approximate surface area is 105 Å². The van der Waals surface area contributed by atoms with Crippen molar-refractivity contribution in [2.75, 3.05) is 7.11 Å². The van der Waals surface area contributed by atoms with Crippen LogP contribution in [0.5, 0.6) is 5.75 Å². The molecular weight excluding hydrogens is 226 g/mol. The van der Waals surface area contributed by atoms with Crippen molar-refractivity contribution in [1.82, 2.24) is 4.98 Å². The third-order valence-electron chi connectivity index (χ3n) is 2.65. The van der Waals surface area contributed by atoms with E-state index in [0.29, 0.717) is 11.3 Å². The predicted molar refractivity (Wildman–Crippen MR) is 75.0 cm³/mol. The van der Waals surface area contributed by atoms with E-state index in [1.807, 2.05) is 31.2 Å². The van der Waals surface area contributed by atoms with Crippen molar-refractivity contribution < 1.29 is 4.74 Å². The summed E-state index contributed by atoms with van der Waals surface area (Å²) in [5.41, 5.74) is 2.00. The quantitative estimate of drug-likeness (QED) is 0.839. The molecule has 2 rings (SSSR count). The lowest BCUT2D eigenvalue weighted by molar-refractivity contribution is 0.418. The van der Waals surface area contributed by atoms with E-state index in [1.54, 1.807) is 19.3 Å². The second-order valence-electron chi connectivity index (χ2n) is 4.13. The molecular formula is C15H15NO2. The molecule has 0 saturated carbocycles. The Hall–Kier alpha value is -2.29. The van der Waals surface area contributed by atoms with Gasteiger partial charge in [0.2, 0.25) is 0 Å². The lowest BCUT2D eigenvalue weighted by atomic mass is 10.1. The van der Waals surface area contributed by atoms with E-state index in [4.69, 9.17) is 4.74 Å². The molecule has 0 aliphatic rings. The maximum atomic E-state index is 12.0. The summed E-state index contributed by atoms with van der Waals surface area (Å²) in [7, 11) is 1.57. The summed E-state index contributed by atoms with van der Waals surface area (Å²) in [6.07, 6.45) is 3.52. The minimum atomic E-state index is -0.164. The first-order valence-corrected chi connectivity index (χ1v) is 5.66. The fourth-order valence-corrected chi connectivity index (χ4v) is 1.82. The summed E-state index contributed by atoms with van der Waals surface area (Å²) < 4.78 is 5.37. The molecule has 1 N–H and O–H groups in total. The van der Waals surface area contributed by atoms with Gasteiger partial charge < -0.3 is 9.72 Å². The fourth-order valence-electron chi connectivity index (χ4n) is 1.82. The first kappa shape index (κ1) is 12.2. The van der Waals surface area contributed by atoms with Crippen LogP contribution in [0, 0.1) is 0 Å².